The monoisotopic (exact) mass is 499 g/mol. The Kier molecular flexibility index (Phi) is 5.79. The number of halogens is 1. The first kappa shape index (κ1) is 21.8. The average Bonchev–Trinajstić information content (AvgIpc) is 2.81. The van der Waals surface area contributed by atoms with E-state index in [1.165, 1.54) is 0 Å². The van der Waals surface area contributed by atoms with Crippen LogP contribution in [0.1, 0.15) is 53.4 Å². The van der Waals surface area contributed by atoms with E-state index < -0.39 is 0 Å². The van der Waals surface area contributed by atoms with Crippen LogP contribution in [0.3, 0.4) is 0 Å². The van der Waals surface area contributed by atoms with Crippen LogP contribution in [0.5, 0.6) is 0 Å². The van der Waals surface area contributed by atoms with Gasteiger partial charge in [0.2, 0.25) is 5.91 Å². The highest BCUT2D eigenvalue weighted by Gasteiger charge is 2.42. The highest BCUT2D eigenvalue weighted by molar-refractivity contribution is 9.10. The molecule has 3 aromatic carbocycles. The topological polar surface area (TPSA) is 37.4 Å². The molecule has 0 saturated carbocycles. The highest BCUT2D eigenvalue weighted by Crippen LogP contribution is 2.47. The van der Waals surface area contributed by atoms with Gasteiger partial charge in [-0.1, -0.05) is 70.5 Å². The Morgan fingerprint density at radius 2 is 1.55 bits per heavy atom. The number of rotatable bonds is 3. The largest absolute Gasteiger partial charge is 0.294 e. The minimum atomic E-state index is -0.203. The fourth-order valence-corrected chi connectivity index (χ4v) is 5.48. The smallest absolute Gasteiger partial charge is 0.232 e. The first-order valence-electron chi connectivity index (χ1n) is 11.4. The summed E-state index contributed by atoms with van der Waals surface area (Å²) in [6.45, 7) is 4.07. The van der Waals surface area contributed by atoms with Crippen LogP contribution >= 0.6 is 15.9 Å². The summed E-state index contributed by atoms with van der Waals surface area (Å²) in [7, 11) is 0. The maximum Gasteiger partial charge on any atom is 0.232 e. The Balaban J connectivity index is 1.68. The number of carbonyl (C=O) groups excluding carboxylic acids is 2. The summed E-state index contributed by atoms with van der Waals surface area (Å²) in [5, 5.41) is 0. The number of nitrogens with zero attached hydrogens (tertiary/aromatic N) is 1. The van der Waals surface area contributed by atoms with Crippen LogP contribution in [0.25, 0.3) is 0 Å². The summed E-state index contributed by atoms with van der Waals surface area (Å²) in [6.07, 6.45) is 1.46. The Labute approximate surface area is 203 Å². The summed E-state index contributed by atoms with van der Waals surface area (Å²) in [4.78, 5) is 29.2. The summed E-state index contributed by atoms with van der Waals surface area (Å²) in [5.41, 5.74) is 6.88. The molecule has 3 aromatic rings. The van der Waals surface area contributed by atoms with Gasteiger partial charge in [0.15, 0.2) is 5.78 Å². The molecule has 0 fully saturated rings. The van der Waals surface area contributed by atoms with E-state index in [2.05, 4.69) is 46.3 Å². The molecule has 3 nitrogen and oxygen atoms in total. The van der Waals surface area contributed by atoms with Crippen molar-refractivity contribution in [2.45, 2.75) is 44.9 Å². The summed E-state index contributed by atoms with van der Waals surface area (Å²) in [6, 6.07) is 24.4. The van der Waals surface area contributed by atoms with Gasteiger partial charge in [0.1, 0.15) is 0 Å². The fourth-order valence-electron chi connectivity index (χ4n) is 5.22. The lowest BCUT2D eigenvalue weighted by atomic mass is 9.72. The second kappa shape index (κ2) is 8.75. The maximum absolute atomic E-state index is 13.7. The van der Waals surface area contributed by atoms with E-state index in [1.807, 2.05) is 61.2 Å². The van der Waals surface area contributed by atoms with Gasteiger partial charge in [-0.2, -0.15) is 0 Å². The number of hydrogen-bond donors (Lipinski definition) is 0. The van der Waals surface area contributed by atoms with Crippen molar-refractivity contribution in [3.8, 4) is 0 Å². The van der Waals surface area contributed by atoms with Crippen molar-refractivity contribution >= 4 is 33.3 Å². The molecule has 33 heavy (non-hydrogen) atoms. The molecule has 1 aliphatic carbocycles. The quantitative estimate of drug-likeness (QED) is 0.389. The highest BCUT2D eigenvalue weighted by atomic mass is 79.9. The Bertz CT molecular complexity index is 1260. The first-order chi connectivity index (χ1) is 15.9. The Hall–Kier alpha value is -2.98. The summed E-state index contributed by atoms with van der Waals surface area (Å²) >= 11 is 3.50. The molecule has 0 aromatic heterocycles. The SMILES string of the molecule is Cc1ccc(C)c(N2C(=O)CC(c3ccc(Br)cc3)C3=C2CC(c2ccccc2)CC3=O)c1. The van der Waals surface area contributed by atoms with E-state index in [4.69, 9.17) is 0 Å². The second-order valence-corrected chi connectivity index (χ2v) is 10.0. The van der Waals surface area contributed by atoms with Crippen molar-refractivity contribution in [2.75, 3.05) is 4.90 Å². The standard InChI is InChI=1S/C29H26BrNO2/c1-18-8-9-19(2)25(14-18)31-26-15-22(20-6-4-3-5-7-20)16-27(32)29(26)24(17-28(31)33)21-10-12-23(30)13-11-21/h3-14,22,24H,15-17H2,1-2H3. The van der Waals surface area contributed by atoms with Gasteiger partial charge in [-0.25, -0.2) is 0 Å². The normalized spacial score (nSPS) is 20.8. The van der Waals surface area contributed by atoms with E-state index >= 15 is 0 Å². The minimum absolute atomic E-state index is 0.0527. The molecule has 0 N–H and O–H groups in total. The molecule has 1 amide bonds. The molecular weight excluding hydrogens is 474 g/mol. The zero-order chi connectivity index (χ0) is 23.1. The number of anilines is 1. The third-order valence-corrected chi connectivity index (χ3v) is 7.41. The molecule has 166 valence electrons. The van der Waals surface area contributed by atoms with Crippen molar-refractivity contribution < 1.29 is 9.59 Å². The molecule has 0 bridgehead atoms. The molecule has 0 spiro atoms. The predicted octanol–water partition coefficient (Wildman–Crippen LogP) is 6.99. The summed E-state index contributed by atoms with van der Waals surface area (Å²) < 4.78 is 0.985. The second-order valence-electron chi connectivity index (χ2n) is 9.13. The molecule has 4 heteroatoms. The van der Waals surface area contributed by atoms with E-state index in [-0.39, 0.29) is 23.5 Å². The van der Waals surface area contributed by atoms with Crippen molar-refractivity contribution in [2.24, 2.45) is 0 Å². The van der Waals surface area contributed by atoms with Crippen LogP contribution in [0.4, 0.5) is 5.69 Å². The van der Waals surface area contributed by atoms with Gasteiger partial charge in [-0.3, -0.25) is 14.5 Å². The van der Waals surface area contributed by atoms with Crippen LogP contribution in [0.2, 0.25) is 0 Å². The van der Waals surface area contributed by atoms with Gasteiger partial charge in [0.25, 0.3) is 0 Å². The molecule has 1 aliphatic heterocycles. The summed E-state index contributed by atoms with van der Waals surface area (Å²) in [5.74, 6) is 0.0745. The number of ketones is 1. The first-order valence-corrected chi connectivity index (χ1v) is 12.2. The predicted molar refractivity (Wildman–Crippen MR) is 135 cm³/mol. The van der Waals surface area contributed by atoms with Crippen LogP contribution < -0.4 is 4.90 Å². The van der Waals surface area contributed by atoms with Crippen LogP contribution in [0.15, 0.2) is 88.5 Å². The third-order valence-electron chi connectivity index (χ3n) is 6.88. The average molecular weight is 500 g/mol. The van der Waals surface area contributed by atoms with Crippen molar-refractivity contribution in [3.05, 3.63) is 111 Å². The van der Waals surface area contributed by atoms with E-state index in [9.17, 15) is 9.59 Å². The van der Waals surface area contributed by atoms with E-state index in [0.29, 0.717) is 19.3 Å². The van der Waals surface area contributed by atoms with Gasteiger partial charge >= 0.3 is 0 Å². The van der Waals surface area contributed by atoms with Gasteiger partial charge in [0.05, 0.1) is 5.69 Å². The molecule has 1 heterocycles. The fraction of sp³-hybridized carbons (Fsp3) is 0.241. The van der Waals surface area contributed by atoms with E-state index in [0.717, 1.165) is 43.7 Å². The van der Waals surface area contributed by atoms with Gasteiger partial charge in [-0.05, 0) is 66.6 Å². The lowest BCUT2D eigenvalue weighted by Crippen LogP contribution is -2.42. The molecule has 2 atom stereocenters. The number of benzene rings is 3. The molecule has 0 radical (unpaired) electrons. The number of carbonyl (C=O) groups is 2. The zero-order valence-electron chi connectivity index (χ0n) is 18.8. The lowest BCUT2D eigenvalue weighted by Gasteiger charge is -2.41. The van der Waals surface area contributed by atoms with Crippen LogP contribution in [-0.2, 0) is 9.59 Å². The Morgan fingerprint density at radius 3 is 2.27 bits per heavy atom. The molecule has 0 saturated heterocycles. The zero-order valence-corrected chi connectivity index (χ0v) is 20.4. The number of amides is 1. The number of hydrogen-bond acceptors (Lipinski definition) is 2. The van der Waals surface area contributed by atoms with Crippen molar-refractivity contribution in [1.29, 1.82) is 0 Å². The van der Waals surface area contributed by atoms with Gasteiger partial charge in [0, 0.05) is 34.5 Å². The van der Waals surface area contributed by atoms with E-state index in [1.54, 1.807) is 0 Å². The molecule has 2 unspecified atom stereocenters. The van der Waals surface area contributed by atoms with Gasteiger partial charge < -0.3 is 0 Å². The van der Waals surface area contributed by atoms with Crippen molar-refractivity contribution in [1.82, 2.24) is 0 Å². The minimum Gasteiger partial charge on any atom is -0.294 e. The van der Waals surface area contributed by atoms with Crippen molar-refractivity contribution in [3.63, 3.8) is 0 Å². The number of allylic oxidation sites excluding steroid dienone is 2. The Morgan fingerprint density at radius 1 is 0.818 bits per heavy atom. The van der Waals surface area contributed by atoms with Gasteiger partial charge in [-0.15, -0.1) is 0 Å². The van der Waals surface area contributed by atoms with Crippen LogP contribution in [-0.4, -0.2) is 11.7 Å². The van der Waals surface area contributed by atoms with Crippen LogP contribution in [0, 0.1) is 13.8 Å². The number of aryl methyl sites for hydroxylation is 2. The number of Topliss-reactive ketones (excluding diaryl/α,β-unsaturated/α-hetero) is 1. The molecular formula is C29H26BrNO2. The third kappa shape index (κ3) is 4.08. The lowest BCUT2D eigenvalue weighted by molar-refractivity contribution is -0.120. The molecule has 5 rings (SSSR count). The maximum atomic E-state index is 13.7. The molecule has 2 aliphatic rings.